The van der Waals surface area contributed by atoms with E-state index in [0.29, 0.717) is 5.56 Å². The van der Waals surface area contributed by atoms with Crippen molar-refractivity contribution >= 4 is 27.3 Å². The maximum Gasteiger partial charge on any atom is 0.336 e. The van der Waals surface area contributed by atoms with Crippen LogP contribution < -0.4 is 4.72 Å². The summed E-state index contributed by atoms with van der Waals surface area (Å²) in [7, 11) is -3.79. The fourth-order valence-electron chi connectivity index (χ4n) is 1.26. The average molecular weight is 293 g/mol. The van der Waals surface area contributed by atoms with Crippen molar-refractivity contribution in [2.45, 2.75) is 30.6 Å². The molecule has 18 heavy (non-hydrogen) atoms. The van der Waals surface area contributed by atoms with E-state index in [-0.39, 0.29) is 4.21 Å². The summed E-state index contributed by atoms with van der Waals surface area (Å²) in [5.41, 5.74) is -1.53. The molecule has 1 atom stereocenters. The Kier molecular flexibility index (Phi) is 4.16. The number of carboxylic acid groups (broad SMARTS) is 1. The van der Waals surface area contributed by atoms with Gasteiger partial charge in [-0.05, 0) is 32.4 Å². The van der Waals surface area contributed by atoms with Gasteiger partial charge in [0.1, 0.15) is 4.21 Å². The summed E-state index contributed by atoms with van der Waals surface area (Å²) >= 11 is 1.10. The van der Waals surface area contributed by atoms with Crippen LogP contribution in [0.25, 0.3) is 0 Å². The van der Waals surface area contributed by atoms with Gasteiger partial charge in [0.25, 0.3) is 0 Å². The van der Waals surface area contributed by atoms with Gasteiger partial charge in [-0.2, -0.15) is 0 Å². The lowest BCUT2D eigenvalue weighted by Crippen LogP contribution is -2.46. The van der Waals surface area contributed by atoms with Gasteiger partial charge in [-0.15, -0.1) is 11.3 Å². The lowest BCUT2D eigenvalue weighted by molar-refractivity contribution is -0.155. The molecule has 0 bridgehead atoms. The van der Waals surface area contributed by atoms with Crippen LogP contribution in [-0.2, 0) is 14.8 Å². The molecule has 0 saturated carbocycles. The number of rotatable bonds is 5. The number of sulfonamides is 1. The van der Waals surface area contributed by atoms with Gasteiger partial charge < -0.3 is 10.2 Å². The predicted octanol–water partition coefficient (Wildman–Crippen LogP) is 0.479. The molecule has 8 heteroatoms. The van der Waals surface area contributed by atoms with Crippen LogP contribution in [0.3, 0.4) is 0 Å². The Balaban J connectivity index is 2.91. The first-order chi connectivity index (χ1) is 8.06. The number of hydrogen-bond donors (Lipinski definition) is 3. The van der Waals surface area contributed by atoms with Crippen molar-refractivity contribution in [1.82, 2.24) is 4.72 Å². The van der Waals surface area contributed by atoms with Crippen molar-refractivity contribution < 1.29 is 23.4 Å². The monoisotopic (exact) mass is 293 g/mol. The molecule has 0 fully saturated rings. The fourth-order valence-corrected chi connectivity index (χ4v) is 4.11. The van der Waals surface area contributed by atoms with Gasteiger partial charge in [0.05, 0.1) is 6.54 Å². The third-order valence-corrected chi connectivity index (χ3v) is 5.50. The molecule has 0 aliphatic rings. The van der Waals surface area contributed by atoms with Gasteiger partial charge in [0.15, 0.2) is 5.60 Å². The molecule has 1 rings (SSSR count). The number of aliphatic hydroxyl groups is 1. The number of carboxylic acids is 1. The lowest BCUT2D eigenvalue weighted by atomic mass is 10.1. The van der Waals surface area contributed by atoms with Crippen LogP contribution in [0.1, 0.15) is 17.4 Å². The first-order valence-electron chi connectivity index (χ1n) is 5.09. The molecule has 0 aliphatic carbocycles. The standard InChI is InChI=1S/C10H15NO5S2/c1-6-4-7(2)17-8(6)18(15,16)11-5-10(3,14)9(12)13/h4,11,14H,5H2,1-3H3,(H,12,13). The number of carbonyl (C=O) groups is 1. The van der Waals surface area contributed by atoms with E-state index in [1.54, 1.807) is 19.9 Å². The Morgan fingerprint density at radius 3 is 2.44 bits per heavy atom. The maximum absolute atomic E-state index is 11.9. The van der Waals surface area contributed by atoms with Crippen molar-refractivity contribution in [1.29, 1.82) is 0 Å². The molecule has 1 aromatic heterocycles. The van der Waals surface area contributed by atoms with E-state index in [9.17, 15) is 18.3 Å². The van der Waals surface area contributed by atoms with Crippen LogP contribution >= 0.6 is 11.3 Å². The third kappa shape index (κ3) is 3.29. The summed E-state index contributed by atoms with van der Waals surface area (Å²) in [6, 6.07) is 1.73. The lowest BCUT2D eigenvalue weighted by Gasteiger charge is -2.18. The largest absolute Gasteiger partial charge is 0.479 e. The smallest absolute Gasteiger partial charge is 0.336 e. The molecule has 0 spiro atoms. The van der Waals surface area contributed by atoms with E-state index in [1.165, 1.54) is 0 Å². The van der Waals surface area contributed by atoms with E-state index in [0.717, 1.165) is 23.1 Å². The number of hydrogen-bond acceptors (Lipinski definition) is 5. The van der Waals surface area contributed by atoms with Gasteiger partial charge >= 0.3 is 5.97 Å². The van der Waals surface area contributed by atoms with Crippen molar-refractivity contribution in [3.8, 4) is 0 Å². The number of nitrogens with one attached hydrogen (secondary N) is 1. The molecule has 1 heterocycles. The Morgan fingerprint density at radius 1 is 1.50 bits per heavy atom. The molecule has 0 radical (unpaired) electrons. The Hall–Kier alpha value is -0.960. The molecule has 6 nitrogen and oxygen atoms in total. The van der Waals surface area contributed by atoms with Gasteiger partial charge in [-0.1, -0.05) is 0 Å². The normalized spacial score (nSPS) is 15.3. The predicted molar refractivity (Wildman–Crippen MR) is 67.2 cm³/mol. The molecule has 102 valence electrons. The Labute approximate surface area is 109 Å². The van der Waals surface area contributed by atoms with Gasteiger partial charge in [0.2, 0.25) is 10.0 Å². The highest BCUT2D eigenvalue weighted by Crippen LogP contribution is 2.25. The second-order valence-corrected chi connectivity index (χ2v) is 7.45. The summed E-state index contributed by atoms with van der Waals surface area (Å²) in [4.78, 5) is 11.5. The van der Waals surface area contributed by atoms with Gasteiger partial charge in [0, 0.05) is 4.88 Å². The van der Waals surface area contributed by atoms with Crippen LogP contribution in [0, 0.1) is 13.8 Å². The van der Waals surface area contributed by atoms with E-state index in [1.807, 2.05) is 0 Å². The molecule has 3 N–H and O–H groups in total. The molecule has 0 saturated heterocycles. The first kappa shape index (κ1) is 15.1. The summed E-state index contributed by atoms with van der Waals surface area (Å²) in [6.07, 6.45) is 0. The van der Waals surface area contributed by atoms with Crippen LogP contribution in [0.5, 0.6) is 0 Å². The van der Waals surface area contributed by atoms with Crippen molar-refractivity contribution in [2.75, 3.05) is 6.54 Å². The zero-order valence-corrected chi connectivity index (χ0v) is 11.9. The summed E-state index contributed by atoms with van der Waals surface area (Å²) in [5.74, 6) is -1.48. The zero-order valence-electron chi connectivity index (χ0n) is 10.2. The van der Waals surface area contributed by atoms with Gasteiger partial charge in [-0.25, -0.2) is 17.9 Å². The second-order valence-electron chi connectivity index (χ2n) is 4.23. The SMILES string of the molecule is Cc1cc(C)c(S(=O)(=O)NCC(C)(O)C(=O)O)s1. The van der Waals surface area contributed by atoms with Crippen LogP contribution in [-0.4, -0.2) is 36.7 Å². The highest BCUT2D eigenvalue weighted by molar-refractivity contribution is 7.91. The number of thiophene rings is 1. The number of aryl methyl sites for hydroxylation is 2. The summed E-state index contributed by atoms with van der Waals surface area (Å²) < 4.78 is 26.1. The fraction of sp³-hybridized carbons (Fsp3) is 0.500. The van der Waals surface area contributed by atoms with Gasteiger partial charge in [-0.3, -0.25) is 0 Å². The van der Waals surface area contributed by atoms with Crippen LogP contribution in [0.2, 0.25) is 0 Å². The molecular formula is C10H15NO5S2. The third-order valence-electron chi connectivity index (χ3n) is 2.31. The maximum atomic E-state index is 11.9. The molecule has 1 unspecified atom stereocenters. The molecule has 0 aliphatic heterocycles. The first-order valence-corrected chi connectivity index (χ1v) is 7.39. The van der Waals surface area contributed by atoms with Crippen molar-refractivity contribution in [2.24, 2.45) is 0 Å². The zero-order chi connectivity index (χ0) is 14.1. The number of aliphatic carboxylic acids is 1. The van der Waals surface area contributed by atoms with E-state index in [2.05, 4.69) is 4.72 Å². The topological polar surface area (TPSA) is 104 Å². The average Bonchev–Trinajstić information content (AvgIpc) is 2.56. The molecule has 0 amide bonds. The molecular weight excluding hydrogens is 278 g/mol. The quantitative estimate of drug-likeness (QED) is 0.732. The minimum absolute atomic E-state index is 0.140. The van der Waals surface area contributed by atoms with Crippen molar-refractivity contribution in [3.63, 3.8) is 0 Å². The second kappa shape index (κ2) is 4.96. The summed E-state index contributed by atoms with van der Waals surface area (Å²) in [6.45, 7) is 3.89. The minimum atomic E-state index is -3.79. The van der Waals surface area contributed by atoms with Crippen molar-refractivity contribution in [3.05, 3.63) is 16.5 Å². The van der Waals surface area contributed by atoms with Crippen LogP contribution in [0.4, 0.5) is 0 Å². The summed E-state index contributed by atoms with van der Waals surface area (Å²) in [5, 5.41) is 18.1. The van der Waals surface area contributed by atoms with Crippen LogP contribution in [0.15, 0.2) is 10.3 Å². The Bertz CT molecular complexity index is 559. The molecule has 1 aromatic rings. The highest BCUT2D eigenvalue weighted by Gasteiger charge is 2.32. The Morgan fingerprint density at radius 2 is 2.06 bits per heavy atom. The van der Waals surface area contributed by atoms with E-state index in [4.69, 9.17) is 5.11 Å². The van der Waals surface area contributed by atoms with E-state index >= 15 is 0 Å². The van der Waals surface area contributed by atoms with E-state index < -0.39 is 28.1 Å². The molecule has 0 aromatic carbocycles. The minimum Gasteiger partial charge on any atom is -0.479 e. The highest BCUT2D eigenvalue weighted by atomic mass is 32.2.